The molecule has 0 unspecified atom stereocenters. The van der Waals surface area contributed by atoms with Crippen molar-refractivity contribution in [3.63, 3.8) is 0 Å². The summed E-state index contributed by atoms with van der Waals surface area (Å²) in [5, 5.41) is 19.9. The highest BCUT2D eigenvalue weighted by Gasteiger charge is 2.15. The summed E-state index contributed by atoms with van der Waals surface area (Å²) in [6.45, 7) is 0. The maximum absolute atomic E-state index is 11.2. The normalized spacial score (nSPS) is 10.2. The van der Waals surface area contributed by atoms with Gasteiger partial charge in [0.2, 0.25) is 0 Å². The standard InChI is InChI=1S/C10H9N5O4/c1-19-10(18)6-2-3-7(13-12-6)15-4-5(11)8(14-15)9(16)17/h2-4H,11H2,1H3,(H,16,17). The van der Waals surface area contributed by atoms with E-state index < -0.39 is 11.9 Å². The summed E-state index contributed by atoms with van der Waals surface area (Å²) in [6.07, 6.45) is 1.30. The van der Waals surface area contributed by atoms with Crippen molar-refractivity contribution in [2.45, 2.75) is 0 Å². The molecule has 0 aliphatic heterocycles. The average Bonchev–Trinajstić information content (AvgIpc) is 2.80. The molecule has 0 saturated heterocycles. The average molecular weight is 263 g/mol. The van der Waals surface area contributed by atoms with Crippen LogP contribution in [-0.4, -0.2) is 44.1 Å². The number of carboxylic acids is 1. The molecule has 0 fully saturated rings. The van der Waals surface area contributed by atoms with Gasteiger partial charge in [-0.05, 0) is 12.1 Å². The van der Waals surface area contributed by atoms with E-state index in [1.165, 1.54) is 25.4 Å². The number of rotatable bonds is 3. The number of carboxylic acid groups (broad SMARTS) is 1. The molecule has 0 aliphatic rings. The van der Waals surface area contributed by atoms with E-state index in [0.29, 0.717) is 0 Å². The number of nitrogens with zero attached hydrogens (tertiary/aromatic N) is 4. The molecular formula is C10H9N5O4. The van der Waals surface area contributed by atoms with Gasteiger partial charge >= 0.3 is 11.9 Å². The summed E-state index contributed by atoms with van der Waals surface area (Å²) in [5.74, 6) is -1.63. The van der Waals surface area contributed by atoms with Crippen molar-refractivity contribution in [1.29, 1.82) is 0 Å². The van der Waals surface area contributed by atoms with Crippen LogP contribution in [0.3, 0.4) is 0 Å². The third-order valence-corrected chi connectivity index (χ3v) is 2.22. The van der Waals surface area contributed by atoms with Gasteiger partial charge in [-0.3, -0.25) is 0 Å². The Morgan fingerprint density at radius 3 is 2.58 bits per heavy atom. The van der Waals surface area contributed by atoms with Crippen LogP contribution in [0.2, 0.25) is 0 Å². The number of ether oxygens (including phenoxy) is 1. The lowest BCUT2D eigenvalue weighted by atomic mass is 10.4. The minimum Gasteiger partial charge on any atom is -0.476 e. The van der Waals surface area contributed by atoms with E-state index in [1.54, 1.807) is 0 Å². The van der Waals surface area contributed by atoms with Crippen LogP contribution in [0.25, 0.3) is 5.82 Å². The number of carbonyl (C=O) groups is 2. The SMILES string of the molecule is COC(=O)c1ccc(-n2cc(N)c(C(=O)O)n2)nn1. The lowest BCUT2D eigenvalue weighted by Gasteiger charge is -2.00. The number of hydrogen-bond donors (Lipinski definition) is 2. The Morgan fingerprint density at radius 2 is 2.11 bits per heavy atom. The third-order valence-electron chi connectivity index (χ3n) is 2.22. The second kappa shape index (κ2) is 4.72. The number of hydrogen-bond acceptors (Lipinski definition) is 7. The van der Waals surface area contributed by atoms with Crippen molar-refractivity contribution in [2.75, 3.05) is 12.8 Å². The molecule has 9 heteroatoms. The van der Waals surface area contributed by atoms with E-state index in [2.05, 4.69) is 20.0 Å². The molecule has 0 aromatic carbocycles. The van der Waals surface area contributed by atoms with E-state index in [-0.39, 0.29) is 22.9 Å². The minimum absolute atomic E-state index is 0.00587. The van der Waals surface area contributed by atoms with Crippen LogP contribution in [0.5, 0.6) is 0 Å². The van der Waals surface area contributed by atoms with Gasteiger partial charge in [-0.15, -0.1) is 10.2 Å². The predicted octanol–water partition coefficient (Wildman–Crippen LogP) is -0.271. The highest BCUT2D eigenvalue weighted by Crippen LogP contribution is 2.12. The van der Waals surface area contributed by atoms with Gasteiger partial charge < -0.3 is 15.6 Å². The first-order chi connectivity index (χ1) is 9.02. The summed E-state index contributed by atoms with van der Waals surface area (Å²) in [7, 11) is 1.23. The molecule has 3 N–H and O–H groups in total. The summed E-state index contributed by atoms with van der Waals surface area (Å²) >= 11 is 0. The number of esters is 1. The fraction of sp³-hybridized carbons (Fsp3) is 0.100. The van der Waals surface area contributed by atoms with E-state index >= 15 is 0 Å². The van der Waals surface area contributed by atoms with E-state index in [1.807, 2.05) is 0 Å². The molecule has 19 heavy (non-hydrogen) atoms. The van der Waals surface area contributed by atoms with Gasteiger partial charge in [-0.25, -0.2) is 14.3 Å². The fourth-order valence-corrected chi connectivity index (χ4v) is 1.33. The number of nitrogen functional groups attached to an aromatic ring is 1. The van der Waals surface area contributed by atoms with Crippen LogP contribution in [0, 0.1) is 0 Å². The Bertz CT molecular complexity index is 634. The van der Waals surface area contributed by atoms with E-state index in [9.17, 15) is 9.59 Å². The Hall–Kier alpha value is -2.97. The maximum Gasteiger partial charge on any atom is 0.358 e. The highest BCUT2D eigenvalue weighted by molar-refractivity contribution is 5.91. The topological polar surface area (TPSA) is 133 Å². The molecule has 0 aliphatic carbocycles. The maximum atomic E-state index is 11.2. The summed E-state index contributed by atoms with van der Waals surface area (Å²) in [5.41, 5.74) is 5.25. The third kappa shape index (κ3) is 2.34. The molecule has 98 valence electrons. The van der Waals surface area contributed by atoms with Crippen molar-refractivity contribution in [3.05, 3.63) is 29.7 Å². The fourth-order valence-electron chi connectivity index (χ4n) is 1.33. The zero-order chi connectivity index (χ0) is 14.0. The summed E-state index contributed by atoms with van der Waals surface area (Å²) in [4.78, 5) is 22.0. The molecule has 0 amide bonds. The van der Waals surface area contributed by atoms with Crippen LogP contribution < -0.4 is 5.73 Å². The van der Waals surface area contributed by atoms with Gasteiger partial charge in [0, 0.05) is 0 Å². The number of anilines is 1. The molecule has 2 heterocycles. The predicted molar refractivity (Wildman–Crippen MR) is 61.9 cm³/mol. The number of aromatic nitrogens is 4. The van der Waals surface area contributed by atoms with Crippen LogP contribution >= 0.6 is 0 Å². The van der Waals surface area contributed by atoms with Gasteiger partial charge in [0.05, 0.1) is 19.0 Å². The van der Waals surface area contributed by atoms with Crippen LogP contribution in [0.15, 0.2) is 18.3 Å². The summed E-state index contributed by atoms with van der Waals surface area (Å²) < 4.78 is 5.63. The van der Waals surface area contributed by atoms with Gasteiger partial charge in [0.1, 0.15) is 0 Å². The Morgan fingerprint density at radius 1 is 1.37 bits per heavy atom. The molecule has 0 radical (unpaired) electrons. The van der Waals surface area contributed by atoms with E-state index in [0.717, 1.165) is 4.68 Å². The molecule has 2 aromatic heterocycles. The quantitative estimate of drug-likeness (QED) is 0.723. The number of aromatic carboxylic acids is 1. The van der Waals surface area contributed by atoms with Crippen LogP contribution in [0.4, 0.5) is 5.69 Å². The summed E-state index contributed by atoms with van der Waals surface area (Å²) in [6, 6.07) is 2.82. The highest BCUT2D eigenvalue weighted by atomic mass is 16.5. The van der Waals surface area contributed by atoms with Gasteiger partial charge in [0.15, 0.2) is 17.2 Å². The van der Waals surface area contributed by atoms with Crippen molar-refractivity contribution in [3.8, 4) is 5.82 Å². The molecule has 0 spiro atoms. The zero-order valence-electron chi connectivity index (χ0n) is 9.77. The smallest absolute Gasteiger partial charge is 0.358 e. The first-order valence-electron chi connectivity index (χ1n) is 5.03. The van der Waals surface area contributed by atoms with Crippen molar-refractivity contribution < 1.29 is 19.4 Å². The first-order valence-corrected chi connectivity index (χ1v) is 5.03. The second-order valence-corrected chi connectivity index (χ2v) is 3.45. The molecule has 2 rings (SSSR count). The van der Waals surface area contributed by atoms with Crippen molar-refractivity contribution in [1.82, 2.24) is 20.0 Å². The Kier molecular flexibility index (Phi) is 3.10. The molecule has 2 aromatic rings. The van der Waals surface area contributed by atoms with Crippen LogP contribution in [-0.2, 0) is 4.74 Å². The lowest BCUT2D eigenvalue weighted by Crippen LogP contribution is -2.08. The lowest BCUT2D eigenvalue weighted by molar-refractivity contribution is 0.0592. The number of nitrogens with two attached hydrogens (primary N) is 1. The first kappa shape index (κ1) is 12.5. The van der Waals surface area contributed by atoms with E-state index in [4.69, 9.17) is 10.8 Å². The molecule has 0 bridgehead atoms. The van der Waals surface area contributed by atoms with Crippen molar-refractivity contribution >= 4 is 17.6 Å². The van der Waals surface area contributed by atoms with Gasteiger partial charge in [0.25, 0.3) is 0 Å². The molecule has 0 atom stereocenters. The molecule has 9 nitrogen and oxygen atoms in total. The van der Waals surface area contributed by atoms with Gasteiger partial charge in [-0.1, -0.05) is 0 Å². The molecule has 0 saturated carbocycles. The minimum atomic E-state index is -1.24. The molecular weight excluding hydrogens is 254 g/mol. The largest absolute Gasteiger partial charge is 0.476 e. The Labute approximate surface area is 106 Å². The second-order valence-electron chi connectivity index (χ2n) is 3.45. The van der Waals surface area contributed by atoms with Crippen molar-refractivity contribution in [2.24, 2.45) is 0 Å². The van der Waals surface area contributed by atoms with Crippen LogP contribution in [0.1, 0.15) is 21.0 Å². The zero-order valence-corrected chi connectivity index (χ0v) is 9.77. The Balaban J connectivity index is 2.35. The number of methoxy groups -OCH3 is 1. The van der Waals surface area contributed by atoms with Gasteiger partial charge in [-0.2, -0.15) is 5.10 Å². The number of carbonyl (C=O) groups excluding carboxylic acids is 1. The monoisotopic (exact) mass is 263 g/mol.